The molecule has 2 aromatic carbocycles. The van der Waals surface area contributed by atoms with Crippen LogP contribution in [0.15, 0.2) is 38.3 Å². The van der Waals surface area contributed by atoms with Crippen LogP contribution in [-0.2, 0) is 0 Å². The average Bonchev–Trinajstić information content (AvgIpc) is 2.68. The SMILES string of the molecule is CCOc1cc(C(=O)N/N=C\c2cc(Br)cc(Br)c2O)cc(OCC)c1OCC. The molecular formula is C20H22Br2N2O5. The zero-order chi connectivity index (χ0) is 21.4. The van der Waals surface area contributed by atoms with Crippen LogP contribution in [0.2, 0.25) is 0 Å². The maximum absolute atomic E-state index is 12.6. The molecule has 1 amide bonds. The molecule has 0 saturated heterocycles. The number of phenolic OH excluding ortho intramolecular Hbond substituents is 1. The van der Waals surface area contributed by atoms with Crippen LogP contribution in [0, 0.1) is 0 Å². The first-order valence-corrected chi connectivity index (χ1v) is 10.6. The molecule has 0 radical (unpaired) electrons. The van der Waals surface area contributed by atoms with Gasteiger partial charge < -0.3 is 19.3 Å². The normalized spacial score (nSPS) is 10.8. The van der Waals surface area contributed by atoms with Crippen LogP contribution in [0.5, 0.6) is 23.0 Å². The minimum atomic E-state index is -0.459. The topological polar surface area (TPSA) is 89.4 Å². The van der Waals surface area contributed by atoms with Crippen molar-refractivity contribution >= 4 is 44.0 Å². The summed E-state index contributed by atoms with van der Waals surface area (Å²) in [7, 11) is 0. The molecule has 0 bridgehead atoms. The molecule has 2 aromatic rings. The average molecular weight is 530 g/mol. The third kappa shape index (κ3) is 6.11. The first kappa shape index (κ1) is 23.0. The van der Waals surface area contributed by atoms with Gasteiger partial charge in [-0.2, -0.15) is 5.10 Å². The lowest BCUT2D eigenvalue weighted by atomic mass is 10.1. The van der Waals surface area contributed by atoms with Crippen molar-refractivity contribution < 1.29 is 24.1 Å². The van der Waals surface area contributed by atoms with Crippen molar-refractivity contribution in [1.29, 1.82) is 0 Å². The van der Waals surface area contributed by atoms with E-state index in [0.29, 0.717) is 52.7 Å². The van der Waals surface area contributed by atoms with E-state index < -0.39 is 5.91 Å². The molecule has 0 unspecified atom stereocenters. The Balaban J connectivity index is 2.28. The number of amides is 1. The first-order valence-electron chi connectivity index (χ1n) is 8.99. The second kappa shape index (κ2) is 11.1. The minimum absolute atomic E-state index is 0.0181. The fourth-order valence-electron chi connectivity index (χ4n) is 2.43. The lowest BCUT2D eigenvalue weighted by Gasteiger charge is -2.16. The maximum atomic E-state index is 12.6. The lowest BCUT2D eigenvalue weighted by molar-refractivity contribution is 0.0954. The summed E-state index contributed by atoms with van der Waals surface area (Å²) >= 11 is 6.59. The number of carbonyl (C=O) groups is 1. The van der Waals surface area contributed by atoms with Crippen molar-refractivity contribution in [3.8, 4) is 23.0 Å². The maximum Gasteiger partial charge on any atom is 0.271 e. The van der Waals surface area contributed by atoms with Gasteiger partial charge in [0.25, 0.3) is 5.91 Å². The first-order chi connectivity index (χ1) is 13.9. The summed E-state index contributed by atoms with van der Waals surface area (Å²) in [6, 6.07) is 6.53. The largest absolute Gasteiger partial charge is 0.506 e. The summed E-state index contributed by atoms with van der Waals surface area (Å²) < 4.78 is 18.1. The molecule has 29 heavy (non-hydrogen) atoms. The van der Waals surface area contributed by atoms with Crippen LogP contribution >= 0.6 is 31.9 Å². The van der Waals surface area contributed by atoms with E-state index in [2.05, 4.69) is 42.4 Å². The van der Waals surface area contributed by atoms with E-state index in [1.165, 1.54) is 6.21 Å². The molecule has 0 atom stereocenters. The van der Waals surface area contributed by atoms with Gasteiger partial charge in [-0.1, -0.05) is 15.9 Å². The van der Waals surface area contributed by atoms with Gasteiger partial charge in [-0.3, -0.25) is 4.79 Å². The molecule has 0 spiro atoms. The number of rotatable bonds is 9. The number of aromatic hydroxyl groups is 1. The zero-order valence-corrected chi connectivity index (χ0v) is 19.5. The van der Waals surface area contributed by atoms with Gasteiger partial charge in [0.1, 0.15) is 5.75 Å². The van der Waals surface area contributed by atoms with Gasteiger partial charge in [-0.15, -0.1) is 0 Å². The Bertz CT molecular complexity index is 876. The number of ether oxygens (including phenoxy) is 3. The van der Waals surface area contributed by atoms with Crippen molar-refractivity contribution in [2.45, 2.75) is 20.8 Å². The summed E-state index contributed by atoms with van der Waals surface area (Å²) in [5, 5.41) is 14.0. The second-order valence-electron chi connectivity index (χ2n) is 5.63. The third-order valence-corrected chi connectivity index (χ3v) is 4.66. The van der Waals surface area contributed by atoms with E-state index in [9.17, 15) is 9.90 Å². The van der Waals surface area contributed by atoms with Gasteiger partial charge >= 0.3 is 0 Å². The predicted octanol–water partition coefficient (Wildman–Crippen LogP) is 4.88. The zero-order valence-electron chi connectivity index (χ0n) is 16.3. The number of carbonyl (C=O) groups excluding carboxylic acids is 1. The monoisotopic (exact) mass is 528 g/mol. The number of nitrogens with zero attached hydrogens (tertiary/aromatic N) is 1. The quantitative estimate of drug-likeness (QED) is 0.357. The number of hydrazone groups is 1. The Morgan fingerprint density at radius 2 is 1.62 bits per heavy atom. The highest BCUT2D eigenvalue weighted by Gasteiger charge is 2.18. The molecule has 0 aromatic heterocycles. The molecular weight excluding hydrogens is 508 g/mol. The fourth-order valence-corrected chi connectivity index (χ4v) is 3.69. The van der Waals surface area contributed by atoms with Gasteiger partial charge in [0.2, 0.25) is 5.75 Å². The molecule has 156 valence electrons. The van der Waals surface area contributed by atoms with Crippen molar-refractivity contribution in [3.05, 3.63) is 44.3 Å². The smallest absolute Gasteiger partial charge is 0.271 e. The minimum Gasteiger partial charge on any atom is -0.506 e. The van der Waals surface area contributed by atoms with E-state index in [0.717, 1.165) is 4.47 Å². The number of nitrogens with one attached hydrogen (secondary N) is 1. The standard InChI is InChI=1S/C20H22Br2N2O5/c1-4-27-16-8-12(9-17(28-5-2)19(16)29-6-3)20(26)24-23-11-13-7-14(21)10-15(22)18(13)25/h7-11,25H,4-6H2,1-3H3,(H,24,26)/b23-11-. The van der Waals surface area contributed by atoms with Gasteiger partial charge in [0.05, 0.1) is 30.5 Å². The van der Waals surface area contributed by atoms with Gasteiger partial charge in [-0.05, 0) is 61.0 Å². The van der Waals surface area contributed by atoms with Crippen molar-refractivity contribution in [1.82, 2.24) is 5.43 Å². The fraction of sp³-hybridized carbons (Fsp3) is 0.300. The van der Waals surface area contributed by atoms with E-state index in [1.54, 1.807) is 24.3 Å². The lowest BCUT2D eigenvalue weighted by Crippen LogP contribution is -2.18. The Kier molecular flexibility index (Phi) is 8.78. The van der Waals surface area contributed by atoms with Gasteiger partial charge in [-0.25, -0.2) is 5.43 Å². The number of benzene rings is 2. The van der Waals surface area contributed by atoms with E-state index in [-0.39, 0.29) is 5.75 Å². The van der Waals surface area contributed by atoms with Crippen molar-refractivity contribution in [3.63, 3.8) is 0 Å². The number of halogens is 2. The molecule has 0 aliphatic heterocycles. The summed E-state index contributed by atoms with van der Waals surface area (Å²) in [5.74, 6) is 0.857. The highest BCUT2D eigenvalue weighted by Crippen LogP contribution is 2.39. The molecule has 7 nitrogen and oxygen atoms in total. The summed E-state index contributed by atoms with van der Waals surface area (Å²) in [6.07, 6.45) is 1.35. The Morgan fingerprint density at radius 3 is 2.17 bits per heavy atom. The Morgan fingerprint density at radius 1 is 1.03 bits per heavy atom. The van der Waals surface area contributed by atoms with E-state index in [4.69, 9.17) is 14.2 Å². The van der Waals surface area contributed by atoms with Crippen LogP contribution in [0.4, 0.5) is 0 Å². The molecule has 2 rings (SSSR count). The molecule has 0 fully saturated rings. The second-order valence-corrected chi connectivity index (χ2v) is 7.40. The molecule has 2 N–H and O–H groups in total. The summed E-state index contributed by atoms with van der Waals surface area (Å²) in [6.45, 7) is 6.79. The molecule has 0 heterocycles. The highest BCUT2D eigenvalue weighted by atomic mass is 79.9. The van der Waals surface area contributed by atoms with Crippen molar-refractivity contribution in [2.75, 3.05) is 19.8 Å². The Labute approximate surface area is 186 Å². The molecule has 0 saturated carbocycles. The Hall–Kier alpha value is -2.26. The van der Waals surface area contributed by atoms with Crippen LogP contribution in [0.25, 0.3) is 0 Å². The van der Waals surface area contributed by atoms with Crippen molar-refractivity contribution in [2.24, 2.45) is 5.10 Å². The van der Waals surface area contributed by atoms with Crippen LogP contribution in [0.1, 0.15) is 36.7 Å². The summed E-state index contributed by atoms with van der Waals surface area (Å²) in [5.41, 5.74) is 3.18. The number of hydrogen-bond donors (Lipinski definition) is 2. The number of phenols is 1. The van der Waals surface area contributed by atoms with Gasteiger partial charge in [0.15, 0.2) is 11.5 Å². The predicted molar refractivity (Wildman–Crippen MR) is 119 cm³/mol. The number of hydrogen-bond acceptors (Lipinski definition) is 6. The molecule has 0 aliphatic carbocycles. The van der Waals surface area contributed by atoms with E-state index >= 15 is 0 Å². The van der Waals surface area contributed by atoms with Crippen LogP contribution in [-0.4, -0.2) is 37.0 Å². The highest BCUT2D eigenvalue weighted by molar-refractivity contribution is 9.11. The van der Waals surface area contributed by atoms with Gasteiger partial charge in [0, 0.05) is 15.6 Å². The molecule has 0 aliphatic rings. The van der Waals surface area contributed by atoms with Crippen LogP contribution in [0.3, 0.4) is 0 Å². The van der Waals surface area contributed by atoms with E-state index in [1.807, 2.05) is 20.8 Å². The molecule has 9 heteroatoms. The summed E-state index contributed by atoms with van der Waals surface area (Å²) in [4.78, 5) is 12.6. The third-order valence-electron chi connectivity index (χ3n) is 3.60. The van der Waals surface area contributed by atoms with Crippen LogP contribution < -0.4 is 19.6 Å².